The molecule has 112 valence electrons. The summed E-state index contributed by atoms with van der Waals surface area (Å²) in [5.41, 5.74) is 1.24. The molecule has 1 aromatic carbocycles. The number of halogens is 2. The second kappa shape index (κ2) is 7.13. The molecule has 4 heteroatoms. The fourth-order valence-electron chi connectivity index (χ4n) is 2.88. The lowest BCUT2D eigenvalue weighted by molar-refractivity contribution is 0.0900. The molecule has 0 bridgehead atoms. The van der Waals surface area contributed by atoms with Gasteiger partial charge in [0.15, 0.2) is 0 Å². The van der Waals surface area contributed by atoms with Crippen molar-refractivity contribution < 1.29 is 0 Å². The molecule has 2 rings (SSSR count). The molecule has 1 aliphatic rings. The predicted octanol–water partition coefficient (Wildman–Crippen LogP) is 4.20. The van der Waals surface area contributed by atoms with E-state index in [1.807, 2.05) is 12.1 Å². The van der Waals surface area contributed by atoms with Crippen molar-refractivity contribution in [3.8, 4) is 0 Å². The van der Waals surface area contributed by atoms with Gasteiger partial charge in [0.2, 0.25) is 0 Å². The number of rotatable bonds is 4. The van der Waals surface area contributed by atoms with Gasteiger partial charge < -0.3 is 5.32 Å². The lowest BCUT2D eigenvalue weighted by Crippen LogP contribution is -2.57. The first-order chi connectivity index (χ1) is 9.51. The molecule has 2 atom stereocenters. The molecule has 0 spiro atoms. The molecule has 1 fully saturated rings. The van der Waals surface area contributed by atoms with Crippen LogP contribution in [0.4, 0.5) is 0 Å². The summed E-state index contributed by atoms with van der Waals surface area (Å²) in [5, 5.41) is 4.92. The zero-order valence-corrected chi connectivity index (χ0v) is 14.0. The summed E-state index contributed by atoms with van der Waals surface area (Å²) < 4.78 is 0. The van der Waals surface area contributed by atoms with Crippen LogP contribution in [-0.2, 0) is 6.54 Å². The van der Waals surface area contributed by atoms with Gasteiger partial charge in [0.1, 0.15) is 0 Å². The Morgan fingerprint density at radius 1 is 1.30 bits per heavy atom. The normalized spacial score (nSPS) is 24.3. The number of nitrogens with zero attached hydrogens (tertiary/aromatic N) is 1. The number of piperazine rings is 1. The van der Waals surface area contributed by atoms with Gasteiger partial charge in [-0.25, -0.2) is 0 Å². The van der Waals surface area contributed by atoms with Gasteiger partial charge in [0, 0.05) is 31.7 Å². The largest absolute Gasteiger partial charge is 0.311 e. The molecule has 20 heavy (non-hydrogen) atoms. The Morgan fingerprint density at radius 3 is 2.65 bits per heavy atom. The van der Waals surface area contributed by atoms with Crippen LogP contribution in [0.15, 0.2) is 18.2 Å². The average molecular weight is 315 g/mol. The minimum absolute atomic E-state index is 0.576. The van der Waals surface area contributed by atoms with Crippen LogP contribution in [0.2, 0.25) is 10.0 Å². The first-order valence-corrected chi connectivity index (χ1v) is 8.18. The Morgan fingerprint density at radius 2 is 2.05 bits per heavy atom. The second-order valence-corrected chi connectivity index (χ2v) is 6.82. The summed E-state index contributed by atoms with van der Waals surface area (Å²) in [6.45, 7) is 9.93. The maximum Gasteiger partial charge on any atom is 0.0595 e. The van der Waals surface area contributed by atoms with Gasteiger partial charge in [-0.2, -0.15) is 0 Å². The van der Waals surface area contributed by atoms with Gasteiger partial charge in [-0.1, -0.05) is 50.0 Å². The van der Waals surface area contributed by atoms with Crippen molar-refractivity contribution >= 4 is 23.2 Å². The molecule has 1 aromatic rings. The fourth-order valence-corrected chi connectivity index (χ4v) is 3.21. The molecule has 0 amide bonds. The molecule has 0 aliphatic carbocycles. The summed E-state index contributed by atoms with van der Waals surface area (Å²) in [5.74, 6) is 0.642. The van der Waals surface area contributed by atoms with Crippen molar-refractivity contribution in [1.82, 2.24) is 10.2 Å². The Balaban J connectivity index is 2.11. The third-order valence-electron chi connectivity index (χ3n) is 4.17. The predicted molar refractivity (Wildman–Crippen MR) is 87.6 cm³/mol. The van der Waals surface area contributed by atoms with E-state index in [0.717, 1.165) is 19.6 Å². The van der Waals surface area contributed by atoms with E-state index in [9.17, 15) is 0 Å². The van der Waals surface area contributed by atoms with E-state index in [-0.39, 0.29) is 0 Å². The second-order valence-electron chi connectivity index (χ2n) is 6.00. The molecule has 2 nitrogen and oxygen atoms in total. The highest BCUT2D eigenvalue weighted by Crippen LogP contribution is 2.25. The standard InChI is InChI=1S/C16H24Cl2N2/c1-4-13-10-20(16(8-19-13)11(2)3)9-12-5-6-14(17)15(18)7-12/h5-7,11,13,16,19H,4,8-10H2,1-3H3. The minimum atomic E-state index is 0.576. The summed E-state index contributed by atoms with van der Waals surface area (Å²) in [6.07, 6.45) is 1.17. The lowest BCUT2D eigenvalue weighted by atomic mass is 9.97. The number of hydrogen-bond donors (Lipinski definition) is 1. The molecule has 2 unspecified atom stereocenters. The van der Waals surface area contributed by atoms with Crippen LogP contribution >= 0.6 is 23.2 Å². The first kappa shape index (κ1) is 16.1. The first-order valence-electron chi connectivity index (χ1n) is 7.42. The number of benzene rings is 1. The Bertz CT molecular complexity index is 448. The van der Waals surface area contributed by atoms with E-state index in [1.165, 1.54) is 12.0 Å². The third kappa shape index (κ3) is 3.88. The lowest BCUT2D eigenvalue weighted by Gasteiger charge is -2.42. The maximum absolute atomic E-state index is 6.12. The van der Waals surface area contributed by atoms with Crippen molar-refractivity contribution in [3.63, 3.8) is 0 Å². The van der Waals surface area contributed by atoms with E-state index in [1.54, 1.807) is 0 Å². The van der Waals surface area contributed by atoms with Crippen LogP contribution in [-0.4, -0.2) is 30.1 Å². The van der Waals surface area contributed by atoms with Crippen molar-refractivity contribution in [1.29, 1.82) is 0 Å². The highest BCUT2D eigenvalue weighted by molar-refractivity contribution is 6.42. The van der Waals surface area contributed by atoms with E-state index in [4.69, 9.17) is 23.2 Å². The smallest absolute Gasteiger partial charge is 0.0595 e. The van der Waals surface area contributed by atoms with Gasteiger partial charge in [-0.15, -0.1) is 0 Å². The molecule has 0 saturated carbocycles. The van der Waals surface area contributed by atoms with Crippen molar-refractivity contribution in [2.24, 2.45) is 5.92 Å². The van der Waals surface area contributed by atoms with Crippen molar-refractivity contribution in [2.75, 3.05) is 13.1 Å². The van der Waals surface area contributed by atoms with Crippen LogP contribution < -0.4 is 5.32 Å². The quantitative estimate of drug-likeness (QED) is 0.896. The van der Waals surface area contributed by atoms with Crippen LogP contribution in [0.25, 0.3) is 0 Å². The molecule has 0 radical (unpaired) electrons. The molecular formula is C16H24Cl2N2. The van der Waals surface area contributed by atoms with Gasteiger partial charge in [0.25, 0.3) is 0 Å². The molecule has 1 heterocycles. The molecule has 0 aromatic heterocycles. The summed E-state index contributed by atoms with van der Waals surface area (Å²) in [7, 11) is 0. The Labute approximate surface area is 132 Å². The Hall–Kier alpha value is -0.280. The highest BCUT2D eigenvalue weighted by atomic mass is 35.5. The van der Waals surface area contributed by atoms with Crippen molar-refractivity contribution in [3.05, 3.63) is 33.8 Å². The number of nitrogens with one attached hydrogen (secondary N) is 1. The highest BCUT2D eigenvalue weighted by Gasteiger charge is 2.28. The van der Waals surface area contributed by atoms with E-state index in [2.05, 4.69) is 37.1 Å². The molecule has 1 N–H and O–H groups in total. The van der Waals surface area contributed by atoms with Crippen molar-refractivity contribution in [2.45, 2.75) is 45.8 Å². The van der Waals surface area contributed by atoms with Gasteiger partial charge >= 0.3 is 0 Å². The van der Waals surface area contributed by atoms with E-state index in [0.29, 0.717) is 28.0 Å². The van der Waals surface area contributed by atoms with Gasteiger partial charge in [-0.05, 0) is 30.0 Å². The third-order valence-corrected chi connectivity index (χ3v) is 4.91. The van der Waals surface area contributed by atoms with Crippen LogP contribution in [0, 0.1) is 5.92 Å². The zero-order chi connectivity index (χ0) is 14.7. The van der Waals surface area contributed by atoms with Crippen LogP contribution in [0.3, 0.4) is 0 Å². The molecule has 1 aliphatic heterocycles. The summed E-state index contributed by atoms with van der Waals surface area (Å²) >= 11 is 12.1. The number of hydrogen-bond acceptors (Lipinski definition) is 2. The molecule has 1 saturated heterocycles. The van der Waals surface area contributed by atoms with Gasteiger partial charge in [-0.3, -0.25) is 4.90 Å². The summed E-state index contributed by atoms with van der Waals surface area (Å²) in [4.78, 5) is 2.58. The SMILES string of the molecule is CCC1CN(Cc2ccc(Cl)c(Cl)c2)C(C(C)C)CN1. The topological polar surface area (TPSA) is 15.3 Å². The van der Waals surface area contributed by atoms with E-state index < -0.39 is 0 Å². The Kier molecular flexibility index (Phi) is 5.74. The minimum Gasteiger partial charge on any atom is -0.311 e. The zero-order valence-electron chi connectivity index (χ0n) is 12.5. The summed E-state index contributed by atoms with van der Waals surface area (Å²) in [6, 6.07) is 7.13. The van der Waals surface area contributed by atoms with E-state index >= 15 is 0 Å². The fraction of sp³-hybridized carbons (Fsp3) is 0.625. The monoisotopic (exact) mass is 314 g/mol. The average Bonchev–Trinajstić information content (AvgIpc) is 2.42. The van der Waals surface area contributed by atoms with Gasteiger partial charge in [0.05, 0.1) is 10.0 Å². The van der Waals surface area contributed by atoms with Crippen LogP contribution in [0.5, 0.6) is 0 Å². The maximum atomic E-state index is 6.12. The molecular weight excluding hydrogens is 291 g/mol. The van der Waals surface area contributed by atoms with Crippen LogP contribution in [0.1, 0.15) is 32.8 Å².